The van der Waals surface area contributed by atoms with Crippen LogP contribution in [0.1, 0.15) is 16.7 Å². The molecule has 0 N–H and O–H groups in total. The zero-order chi connectivity index (χ0) is 17.8. The molecular formula is C20H16BrNO2S. The van der Waals surface area contributed by atoms with Crippen molar-refractivity contribution >= 4 is 44.9 Å². The van der Waals surface area contributed by atoms with Gasteiger partial charge in [0.2, 0.25) is 0 Å². The molecule has 2 amide bonds. The van der Waals surface area contributed by atoms with Crippen molar-refractivity contribution < 1.29 is 9.59 Å². The number of nitrogens with zero attached hydrogens (tertiary/aromatic N) is 1. The van der Waals surface area contributed by atoms with E-state index < -0.39 is 0 Å². The van der Waals surface area contributed by atoms with Crippen LogP contribution in [0, 0.1) is 6.92 Å². The van der Waals surface area contributed by atoms with E-state index in [1.165, 1.54) is 4.90 Å². The van der Waals surface area contributed by atoms with Gasteiger partial charge in [0.15, 0.2) is 0 Å². The third kappa shape index (κ3) is 4.50. The summed E-state index contributed by atoms with van der Waals surface area (Å²) in [4.78, 5) is 26.4. The first-order valence-electron chi connectivity index (χ1n) is 7.76. The number of amides is 2. The molecule has 0 saturated carbocycles. The van der Waals surface area contributed by atoms with Gasteiger partial charge in [0.25, 0.3) is 11.1 Å². The van der Waals surface area contributed by atoms with E-state index in [9.17, 15) is 9.59 Å². The van der Waals surface area contributed by atoms with E-state index in [2.05, 4.69) is 15.9 Å². The number of benzene rings is 2. The van der Waals surface area contributed by atoms with Crippen molar-refractivity contribution in [3.63, 3.8) is 0 Å². The number of hydrogen-bond acceptors (Lipinski definition) is 3. The van der Waals surface area contributed by atoms with Crippen LogP contribution >= 0.6 is 27.7 Å². The maximum absolute atomic E-state index is 12.5. The van der Waals surface area contributed by atoms with Gasteiger partial charge in [-0.25, -0.2) is 0 Å². The van der Waals surface area contributed by atoms with E-state index in [4.69, 9.17) is 0 Å². The van der Waals surface area contributed by atoms with E-state index in [1.807, 2.05) is 61.5 Å². The SMILES string of the molecule is Cc1cccc(CN2C(=O)S/C(=C\C=C\c3ccc(Br)cc3)C2=O)c1. The molecule has 1 aliphatic rings. The molecule has 0 bridgehead atoms. The lowest BCUT2D eigenvalue weighted by molar-refractivity contribution is -0.123. The van der Waals surface area contributed by atoms with E-state index in [0.717, 1.165) is 32.9 Å². The molecule has 0 radical (unpaired) electrons. The maximum atomic E-state index is 12.5. The summed E-state index contributed by atoms with van der Waals surface area (Å²) in [6.07, 6.45) is 5.40. The molecule has 1 saturated heterocycles. The van der Waals surface area contributed by atoms with Gasteiger partial charge in [0.1, 0.15) is 0 Å². The molecule has 2 aromatic carbocycles. The first-order chi connectivity index (χ1) is 12.0. The minimum Gasteiger partial charge on any atom is -0.268 e. The van der Waals surface area contributed by atoms with Crippen LogP contribution in [-0.2, 0) is 11.3 Å². The number of halogens is 1. The number of aryl methyl sites for hydroxylation is 1. The number of rotatable bonds is 4. The lowest BCUT2D eigenvalue weighted by Gasteiger charge is -2.12. The van der Waals surface area contributed by atoms with Crippen LogP contribution in [0.4, 0.5) is 4.79 Å². The topological polar surface area (TPSA) is 37.4 Å². The van der Waals surface area contributed by atoms with Crippen LogP contribution < -0.4 is 0 Å². The molecule has 3 nitrogen and oxygen atoms in total. The predicted molar refractivity (Wildman–Crippen MR) is 106 cm³/mol. The van der Waals surface area contributed by atoms with Gasteiger partial charge in [0.05, 0.1) is 11.4 Å². The molecule has 0 aromatic heterocycles. The number of carbonyl (C=O) groups excluding carboxylic acids is 2. The molecule has 5 heteroatoms. The fourth-order valence-corrected chi connectivity index (χ4v) is 3.52. The average Bonchev–Trinajstić information content (AvgIpc) is 2.84. The van der Waals surface area contributed by atoms with Crippen molar-refractivity contribution in [1.82, 2.24) is 4.90 Å². The Morgan fingerprint density at radius 3 is 2.60 bits per heavy atom. The summed E-state index contributed by atoms with van der Waals surface area (Å²) in [5.74, 6) is -0.239. The fourth-order valence-electron chi connectivity index (χ4n) is 2.46. The molecular weight excluding hydrogens is 398 g/mol. The molecule has 25 heavy (non-hydrogen) atoms. The van der Waals surface area contributed by atoms with E-state index in [0.29, 0.717) is 11.4 Å². The van der Waals surface area contributed by atoms with Crippen molar-refractivity contribution in [2.75, 3.05) is 0 Å². The first-order valence-corrected chi connectivity index (χ1v) is 9.37. The normalized spacial score (nSPS) is 16.4. The minimum atomic E-state index is -0.239. The molecule has 0 spiro atoms. The van der Waals surface area contributed by atoms with Crippen LogP contribution in [0.25, 0.3) is 6.08 Å². The molecule has 0 atom stereocenters. The summed E-state index contributed by atoms with van der Waals surface area (Å²) in [5.41, 5.74) is 3.09. The first kappa shape index (κ1) is 17.7. The molecule has 0 aliphatic carbocycles. The highest BCUT2D eigenvalue weighted by molar-refractivity contribution is 9.10. The zero-order valence-electron chi connectivity index (χ0n) is 13.6. The highest BCUT2D eigenvalue weighted by Gasteiger charge is 2.34. The van der Waals surface area contributed by atoms with Crippen molar-refractivity contribution in [1.29, 1.82) is 0 Å². The maximum Gasteiger partial charge on any atom is 0.293 e. The monoisotopic (exact) mass is 413 g/mol. The predicted octanol–water partition coefficient (Wildman–Crippen LogP) is 5.55. The van der Waals surface area contributed by atoms with Crippen molar-refractivity contribution in [3.8, 4) is 0 Å². The molecule has 1 fully saturated rings. The minimum absolute atomic E-state index is 0.227. The third-order valence-corrected chi connectivity index (χ3v) is 5.16. The van der Waals surface area contributed by atoms with E-state index >= 15 is 0 Å². The Morgan fingerprint density at radius 2 is 1.88 bits per heavy atom. The Kier molecular flexibility index (Phi) is 5.56. The summed E-state index contributed by atoms with van der Waals surface area (Å²) >= 11 is 4.38. The van der Waals surface area contributed by atoms with Crippen LogP contribution in [0.15, 0.2) is 70.1 Å². The second-order valence-corrected chi connectivity index (χ2v) is 7.60. The second kappa shape index (κ2) is 7.85. The smallest absolute Gasteiger partial charge is 0.268 e. The molecule has 0 unspecified atom stereocenters. The van der Waals surface area contributed by atoms with Gasteiger partial charge in [-0.15, -0.1) is 0 Å². The number of hydrogen-bond donors (Lipinski definition) is 0. The van der Waals surface area contributed by atoms with Gasteiger partial charge >= 0.3 is 0 Å². The van der Waals surface area contributed by atoms with Crippen LogP contribution in [0.3, 0.4) is 0 Å². The Balaban J connectivity index is 1.71. The number of imide groups is 1. The quantitative estimate of drug-likeness (QED) is 0.616. The molecule has 3 rings (SSSR count). The van der Waals surface area contributed by atoms with Crippen molar-refractivity contribution in [2.24, 2.45) is 0 Å². The van der Waals surface area contributed by atoms with Gasteiger partial charge < -0.3 is 0 Å². The summed E-state index contributed by atoms with van der Waals surface area (Å²) < 4.78 is 1.02. The van der Waals surface area contributed by atoms with Gasteiger partial charge in [-0.2, -0.15) is 0 Å². The fraction of sp³-hybridized carbons (Fsp3) is 0.100. The molecule has 1 aliphatic heterocycles. The average molecular weight is 414 g/mol. The van der Waals surface area contributed by atoms with Gasteiger partial charge in [-0.1, -0.05) is 70.0 Å². The Labute approximate surface area is 159 Å². The Morgan fingerprint density at radius 1 is 1.12 bits per heavy atom. The highest BCUT2D eigenvalue weighted by atomic mass is 79.9. The van der Waals surface area contributed by atoms with E-state index in [-0.39, 0.29) is 11.1 Å². The van der Waals surface area contributed by atoms with Crippen LogP contribution in [0.5, 0.6) is 0 Å². The summed E-state index contributed by atoms with van der Waals surface area (Å²) in [6, 6.07) is 15.7. The largest absolute Gasteiger partial charge is 0.293 e. The lowest BCUT2D eigenvalue weighted by Crippen LogP contribution is -2.27. The highest BCUT2D eigenvalue weighted by Crippen LogP contribution is 2.32. The number of allylic oxidation sites excluding steroid dienone is 2. The van der Waals surface area contributed by atoms with Crippen LogP contribution in [0.2, 0.25) is 0 Å². The second-order valence-electron chi connectivity index (χ2n) is 5.69. The Hall–Kier alpha value is -2.11. The van der Waals surface area contributed by atoms with Gasteiger partial charge in [-0.3, -0.25) is 14.5 Å². The molecule has 2 aromatic rings. The standard InChI is InChI=1S/C20H16BrNO2S/c1-14-4-2-6-16(12-14)13-22-19(23)18(25-20(22)24)7-3-5-15-8-10-17(21)11-9-15/h2-12H,13H2,1H3/b5-3+,18-7-. The van der Waals surface area contributed by atoms with E-state index in [1.54, 1.807) is 12.2 Å². The number of thioether (sulfide) groups is 1. The summed E-state index contributed by atoms with van der Waals surface area (Å²) in [7, 11) is 0. The van der Waals surface area contributed by atoms with Gasteiger partial charge in [-0.05, 0) is 48.0 Å². The molecule has 126 valence electrons. The zero-order valence-corrected chi connectivity index (χ0v) is 16.0. The summed E-state index contributed by atoms with van der Waals surface area (Å²) in [5, 5.41) is -0.227. The van der Waals surface area contributed by atoms with Crippen molar-refractivity contribution in [2.45, 2.75) is 13.5 Å². The lowest BCUT2D eigenvalue weighted by atomic mass is 10.1. The van der Waals surface area contributed by atoms with Gasteiger partial charge in [0, 0.05) is 4.47 Å². The van der Waals surface area contributed by atoms with Crippen molar-refractivity contribution in [3.05, 3.63) is 86.8 Å². The molecule has 1 heterocycles. The van der Waals surface area contributed by atoms with Crippen LogP contribution in [-0.4, -0.2) is 16.0 Å². The number of carbonyl (C=O) groups is 2. The Bertz CT molecular complexity index is 872. The summed E-state index contributed by atoms with van der Waals surface area (Å²) in [6.45, 7) is 2.30. The third-order valence-electron chi connectivity index (χ3n) is 3.70.